The first-order valence-electron chi connectivity index (χ1n) is 13.0. The van der Waals surface area contributed by atoms with E-state index in [1.165, 1.54) is 12.3 Å². The van der Waals surface area contributed by atoms with Crippen molar-refractivity contribution >= 4 is 22.7 Å². The fourth-order valence-electron chi connectivity index (χ4n) is 4.75. The average molecular weight is 656 g/mol. The smallest absolute Gasteiger partial charge is 0.487 e. The van der Waals surface area contributed by atoms with Crippen molar-refractivity contribution in [3.63, 3.8) is 0 Å². The Labute approximate surface area is 253 Å². The van der Waals surface area contributed by atoms with Gasteiger partial charge in [-0.15, -0.1) is 13.2 Å². The van der Waals surface area contributed by atoms with Gasteiger partial charge < -0.3 is 25.6 Å². The number of nitrogens with one attached hydrogen (secondary N) is 1. The van der Waals surface area contributed by atoms with E-state index < -0.39 is 88.6 Å². The second-order valence-corrected chi connectivity index (χ2v) is 10.3. The van der Waals surface area contributed by atoms with Crippen molar-refractivity contribution in [1.29, 1.82) is 0 Å². The molecule has 0 saturated heterocycles. The second-order valence-electron chi connectivity index (χ2n) is 10.3. The van der Waals surface area contributed by atoms with Gasteiger partial charge in [0, 0.05) is 28.3 Å². The van der Waals surface area contributed by atoms with Crippen LogP contribution in [-0.4, -0.2) is 52.6 Å². The summed E-state index contributed by atoms with van der Waals surface area (Å²) in [5.74, 6) is -5.17. The van der Waals surface area contributed by atoms with Gasteiger partial charge in [0.2, 0.25) is 5.60 Å². The number of hydrogen-bond donors (Lipinski definition) is 3. The van der Waals surface area contributed by atoms with Crippen LogP contribution < -0.4 is 20.5 Å². The van der Waals surface area contributed by atoms with Crippen LogP contribution in [0.3, 0.4) is 0 Å². The molecular formula is C29H20F8N4O5. The summed E-state index contributed by atoms with van der Waals surface area (Å²) in [6.07, 6.45) is -9.62. The van der Waals surface area contributed by atoms with E-state index in [2.05, 4.69) is 14.7 Å². The highest BCUT2D eigenvalue weighted by Gasteiger charge is 2.58. The Balaban J connectivity index is 1.59. The number of rotatable bonds is 7. The van der Waals surface area contributed by atoms with Crippen LogP contribution >= 0.6 is 0 Å². The maximum atomic E-state index is 15.7. The molecule has 2 aromatic carbocycles. The molecular weight excluding hydrogens is 636 g/mol. The van der Waals surface area contributed by atoms with Crippen LogP contribution in [-0.2, 0) is 16.1 Å². The molecule has 4 aromatic rings. The second kappa shape index (κ2) is 11.1. The lowest BCUT2D eigenvalue weighted by Crippen LogP contribution is -2.51. The van der Waals surface area contributed by atoms with Crippen molar-refractivity contribution < 1.29 is 59.3 Å². The quantitative estimate of drug-likeness (QED) is 0.242. The number of nitrogens with zero attached hydrogens (tertiary/aromatic N) is 2. The number of aryl methyl sites for hydroxylation is 1. The fourth-order valence-corrected chi connectivity index (χ4v) is 4.75. The summed E-state index contributed by atoms with van der Waals surface area (Å²) in [6.45, 7) is -1.19. The van der Waals surface area contributed by atoms with E-state index in [0.29, 0.717) is 17.7 Å². The number of primary amides is 1. The highest BCUT2D eigenvalue weighted by molar-refractivity contribution is 6.00. The number of alkyl halides is 7. The Kier molecular flexibility index (Phi) is 7.79. The molecule has 5 rings (SSSR count). The van der Waals surface area contributed by atoms with Crippen molar-refractivity contribution in [2.45, 2.75) is 30.7 Å². The van der Waals surface area contributed by atoms with E-state index in [1.54, 1.807) is 6.92 Å². The third kappa shape index (κ3) is 5.84. The van der Waals surface area contributed by atoms with Crippen molar-refractivity contribution in [3.05, 3.63) is 82.9 Å². The van der Waals surface area contributed by atoms with Gasteiger partial charge in [0.1, 0.15) is 23.6 Å². The van der Waals surface area contributed by atoms with Gasteiger partial charge in [-0.1, -0.05) is 0 Å². The van der Waals surface area contributed by atoms with Gasteiger partial charge in [0.25, 0.3) is 17.5 Å². The number of pyridine rings is 2. The minimum atomic E-state index is -5.64. The summed E-state index contributed by atoms with van der Waals surface area (Å²) >= 11 is 0. The lowest BCUT2D eigenvalue weighted by molar-refractivity contribution is -0.274. The number of nitrogens with two attached hydrogens (primary N) is 1. The van der Waals surface area contributed by atoms with Crippen LogP contribution in [0, 0.1) is 12.7 Å². The highest BCUT2D eigenvalue weighted by Crippen LogP contribution is 2.48. The number of aliphatic hydroxyl groups is 1. The highest BCUT2D eigenvalue weighted by atomic mass is 19.4. The molecule has 0 bridgehead atoms. The third-order valence-corrected chi connectivity index (χ3v) is 7.09. The van der Waals surface area contributed by atoms with Gasteiger partial charge in [-0.2, -0.15) is 13.2 Å². The summed E-state index contributed by atoms with van der Waals surface area (Å²) < 4.78 is 121. The van der Waals surface area contributed by atoms with Gasteiger partial charge in [-0.25, -0.2) is 13.8 Å². The van der Waals surface area contributed by atoms with Gasteiger partial charge in [0.05, 0.1) is 12.2 Å². The molecule has 46 heavy (non-hydrogen) atoms. The zero-order chi connectivity index (χ0) is 33.8. The van der Waals surface area contributed by atoms with E-state index in [4.69, 9.17) is 10.5 Å². The molecule has 0 fully saturated rings. The first-order chi connectivity index (χ1) is 21.3. The number of hydrogen-bond acceptors (Lipinski definition) is 7. The monoisotopic (exact) mass is 656 g/mol. The van der Waals surface area contributed by atoms with Crippen molar-refractivity contribution in [2.24, 2.45) is 5.73 Å². The zero-order valence-electron chi connectivity index (χ0n) is 23.2. The minimum absolute atomic E-state index is 0.0204. The first-order valence-corrected chi connectivity index (χ1v) is 13.0. The first kappa shape index (κ1) is 32.3. The van der Waals surface area contributed by atoms with Crippen LogP contribution in [0.1, 0.15) is 27.2 Å². The number of aromatic nitrogens is 2. The maximum Gasteiger partial charge on any atom is 0.573 e. The number of amides is 2. The van der Waals surface area contributed by atoms with Crippen molar-refractivity contribution in [3.8, 4) is 22.8 Å². The normalized spacial score (nSPS) is 17.6. The van der Waals surface area contributed by atoms with Gasteiger partial charge in [-0.3, -0.25) is 14.6 Å². The molecule has 2 aromatic heterocycles. The van der Waals surface area contributed by atoms with E-state index in [-0.39, 0.29) is 16.5 Å². The van der Waals surface area contributed by atoms with Crippen molar-refractivity contribution in [1.82, 2.24) is 15.3 Å². The maximum absolute atomic E-state index is 15.7. The Morgan fingerprint density at radius 2 is 1.76 bits per heavy atom. The van der Waals surface area contributed by atoms with Crippen molar-refractivity contribution in [2.75, 3.05) is 13.2 Å². The molecule has 2 atom stereocenters. The number of benzene rings is 2. The molecule has 4 N–H and O–H groups in total. The Morgan fingerprint density at radius 3 is 2.37 bits per heavy atom. The number of halogens is 8. The predicted octanol–water partition coefficient (Wildman–Crippen LogP) is 4.87. The van der Waals surface area contributed by atoms with E-state index in [1.807, 2.05) is 5.32 Å². The van der Waals surface area contributed by atoms with E-state index >= 15 is 4.39 Å². The lowest BCUT2D eigenvalue weighted by atomic mass is 9.90. The molecule has 242 valence electrons. The zero-order valence-corrected chi connectivity index (χ0v) is 23.2. The number of ether oxygens (including phenoxy) is 2. The summed E-state index contributed by atoms with van der Waals surface area (Å²) in [6, 6.07) is 7.36. The molecule has 0 radical (unpaired) electrons. The minimum Gasteiger partial charge on any atom is -0.487 e. The molecule has 0 aliphatic carbocycles. The van der Waals surface area contributed by atoms with E-state index in [9.17, 15) is 45.4 Å². The molecule has 17 heteroatoms. The molecule has 1 aliphatic heterocycles. The summed E-state index contributed by atoms with van der Waals surface area (Å²) in [5, 5.41) is 12.9. The van der Waals surface area contributed by atoms with Crippen LogP contribution in [0.25, 0.3) is 22.2 Å². The molecule has 1 aliphatic rings. The van der Waals surface area contributed by atoms with Gasteiger partial charge in [-0.05, 0) is 61.0 Å². The largest absolute Gasteiger partial charge is 0.573 e. The fraction of sp³-hybridized carbons (Fsp3) is 0.241. The molecule has 2 amide bonds. The number of carbonyl (C=O) groups excluding carboxylic acids is 2. The summed E-state index contributed by atoms with van der Waals surface area (Å²) in [5.41, 5.74) is -5.25. The lowest BCUT2D eigenvalue weighted by Gasteiger charge is -2.31. The Hall–Kier alpha value is -5.06. The molecule has 0 unspecified atom stereocenters. The van der Waals surface area contributed by atoms with Gasteiger partial charge in [0.15, 0.2) is 11.5 Å². The standard InChI is InChI=1S/C29H20F8N4O5/c1-13-6-15-7-16(8-19(21(15)39-10-13)46-29(35,36)37)24(42)40-11-27(44,28(32,33)34)20-9-18-23(45-12-26(18,31)25(38)43)22(41-20)14-2-4-17(30)5-3-14/h2-10,44H,11-12H2,1H3,(H2,38,43)(H,40,42)/t26-,27+/m1/s1. The SMILES string of the molecule is Cc1cnc2c(OC(F)(F)F)cc(C(=O)NC[C@](O)(c3cc4c(c(-c5ccc(F)cc5)n3)OC[C@]4(F)C(N)=O)C(F)(F)F)cc2c1. The summed E-state index contributed by atoms with van der Waals surface area (Å²) in [4.78, 5) is 32.7. The van der Waals surface area contributed by atoms with Crippen LogP contribution in [0.2, 0.25) is 0 Å². The predicted molar refractivity (Wildman–Crippen MR) is 143 cm³/mol. The molecule has 9 nitrogen and oxygen atoms in total. The van der Waals surface area contributed by atoms with Gasteiger partial charge >= 0.3 is 12.5 Å². The molecule has 3 heterocycles. The third-order valence-electron chi connectivity index (χ3n) is 7.09. The topological polar surface area (TPSA) is 137 Å². The van der Waals surface area contributed by atoms with E-state index in [0.717, 1.165) is 30.3 Å². The number of fused-ring (bicyclic) bond motifs is 2. The van der Waals surface area contributed by atoms with Crippen LogP contribution in [0.5, 0.6) is 11.5 Å². The average Bonchev–Trinajstić information content (AvgIpc) is 3.31. The van der Waals surface area contributed by atoms with Crippen LogP contribution in [0.4, 0.5) is 35.1 Å². The summed E-state index contributed by atoms with van der Waals surface area (Å²) in [7, 11) is 0. The molecule has 0 spiro atoms. The Morgan fingerprint density at radius 1 is 1.09 bits per heavy atom. The Bertz CT molecular complexity index is 1870. The molecule has 0 saturated carbocycles. The number of carbonyl (C=O) groups is 2. The van der Waals surface area contributed by atoms with Crippen LogP contribution in [0.15, 0.2) is 54.7 Å².